The summed E-state index contributed by atoms with van der Waals surface area (Å²) < 4.78 is 11.1. The van der Waals surface area contributed by atoms with Crippen molar-refractivity contribution in [2.24, 2.45) is 0 Å². The maximum absolute atomic E-state index is 12.1. The molecule has 0 unspecified atom stereocenters. The number of benzene rings is 2. The van der Waals surface area contributed by atoms with Crippen LogP contribution in [0.25, 0.3) is 0 Å². The molecule has 4 nitrogen and oxygen atoms in total. The van der Waals surface area contributed by atoms with E-state index >= 15 is 0 Å². The number of rotatable bonds is 7. The average Bonchev–Trinajstić information content (AvgIpc) is 3.15. The fourth-order valence-electron chi connectivity index (χ4n) is 3.09. The second-order valence-electron chi connectivity index (χ2n) is 6.44. The summed E-state index contributed by atoms with van der Waals surface area (Å²) >= 11 is 0. The van der Waals surface area contributed by atoms with Gasteiger partial charge in [0.25, 0.3) is 0 Å². The predicted molar refractivity (Wildman–Crippen MR) is 99.3 cm³/mol. The summed E-state index contributed by atoms with van der Waals surface area (Å²) in [4.78, 5) is 12.1. The Hall–Kier alpha value is -2.49. The molecule has 1 fully saturated rings. The number of carbonyl (C=O) groups is 1. The minimum absolute atomic E-state index is 0.0141. The Morgan fingerprint density at radius 2 is 1.64 bits per heavy atom. The molecular formula is C21H25NO3. The summed E-state index contributed by atoms with van der Waals surface area (Å²) in [7, 11) is 1.65. The Morgan fingerprint density at radius 1 is 1.00 bits per heavy atom. The lowest BCUT2D eigenvalue weighted by atomic mass is 10.1. The Kier molecular flexibility index (Phi) is 5.94. The van der Waals surface area contributed by atoms with Gasteiger partial charge < -0.3 is 14.8 Å². The number of amides is 1. The molecule has 4 heteroatoms. The summed E-state index contributed by atoms with van der Waals surface area (Å²) in [5, 5.41) is 2.94. The maximum atomic E-state index is 12.1. The molecule has 1 N–H and O–H groups in total. The van der Waals surface area contributed by atoms with Gasteiger partial charge in [0.05, 0.1) is 13.2 Å². The topological polar surface area (TPSA) is 47.6 Å². The van der Waals surface area contributed by atoms with Crippen LogP contribution in [0.1, 0.15) is 37.7 Å². The van der Waals surface area contributed by atoms with E-state index in [1.54, 1.807) is 7.11 Å². The fraction of sp³-hybridized carbons (Fsp3) is 0.381. The first-order valence-electron chi connectivity index (χ1n) is 8.92. The van der Waals surface area contributed by atoms with Gasteiger partial charge in [-0.15, -0.1) is 0 Å². The molecule has 2 aromatic carbocycles. The zero-order valence-corrected chi connectivity index (χ0v) is 14.7. The van der Waals surface area contributed by atoms with Gasteiger partial charge in [-0.25, -0.2) is 0 Å². The van der Waals surface area contributed by atoms with E-state index in [1.807, 2.05) is 48.5 Å². The van der Waals surface area contributed by atoms with E-state index in [-0.39, 0.29) is 5.91 Å². The summed E-state index contributed by atoms with van der Waals surface area (Å²) in [6, 6.07) is 15.5. The first kappa shape index (κ1) is 17.3. The van der Waals surface area contributed by atoms with Crippen LogP contribution in [0.3, 0.4) is 0 Å². The van der Waals surface area contributed by atoms with Gasteiger partial charge in [0.2, 0.25) is 5.91 Å². The average molecular weight is 339 g/mol. The molecule has 1 amide bonds. The highest BCUT2D eigenvalue weighted by Crippen LogP contribution is 2.25. The number of hydrogen-bond acceptors (Lipinski definition) is 3. The first-order chi connectivity index (χ1) is 12.2. The Morgan fingerprint density at radius 3 is 2.28 bits per heavy atom. The van der Waals surface area contributed by atoms with E-state index in [1.165, 1.54) is 12.8 Å². The molecule has 1 saturated carbocycles. The molecule has 2 aromatic rings. The number of anilines is 1. The van der Waals surface area contributed by atoms with Crippen molar-refractivity contribution in [3.8, 4) is 11.5 Å². The molecule has 3 rings (SSSR count). The summed E-state index contributed by atoms with van der Waals surface area (Å²) in [6.45, 7) is 0. The zero-order chi connectivity index (χ0) is 17.5. The second-order valence-corrected chi connectivity index (χ2v) is 6.44. The third-order valence-corrected chi connectivity index (χ3v) is 4.54. The van der Waals surface area contributed by atoms with Gasteiger partial charge in [0, 0.05) is 12.1 Å². The van der Waals surface area contributed by atoms with Gasteiger partial charge in [0.15, 0.2) is 0 Å². The molecule has 0 saturated heterocycles. The molecule has 0 spiro atoms. The van der Waals surface area contributed by atoms with Crippen LogP contribution in [-0.4, -0.2) is 19.1 Å². The lowest BCUT2D eigenvalue weighted by molar-refractivity contribution is -0.116. The van der Waals surface area contributed by atoms with Crippen LogP contribution in [0.5, 0.6) is 11.5 Å². The highest BCUT2D eigenvalue weighted by atomic mass is 16.5. The van der Waals surface area contributed by atoms with E-state index in [9.17, 15) is 4.79 Å². The normalized spacial score (nSPS) is 14.3. The number of aryl methyl sites for hydroxylation is 1. The van der Waals surface area contributed by atoms with Crippen molar-refractivity contribution in [3.63, 3.8) is 0 Å². The molecule has 0 aliphatic heterocycles. The summed E-state index contributed by atoms with van der Waals surface area (Å²) in [5.41, 5.74) is 1.93. The molecular weight excluding hydrogens is 314 g/mol. The van der Waals surface area contributed by atoms with Gasteiger partial charge >= 0.3 is 0 Å². The molecule has 0 aromatic heterocycles. The monoisotopic (exact) mass is 339 g/mol. The van der Waals surface area contributed by atoms with Crippen molar-refractivity contribution in [3.05, 3.63) is 54.1 Å². The lowest BCUT2D eigenvalue weighted by Gasteiger charge is -2.13. The molecule has 1 aliphatic rings. The van der Waals surface area contributed by atoms with Gasteiger partial charge in [-0.3, -0.25) is 4.79 Å². The van der Waals surface area contributed by atoms with Crippen molar-refractivity contribution in [1.29, 1.82) is 0 Å². The van der Waals surface area contributed by atoms with Gasteiger partial charge in [-0.05, 0) is 74.1 Å². The van der Waals surface area contributed by atoms with Crippen LogP contribution in [0.4, 0.5) is 5.69 Å². The van der Waals surface area contributed by atoms with E-state index in [2.05, 4.69) is 5.32 Å². The molecule has 1 aliphatic carbocycles. The molecule has 0 bridgehead atoms. The Bertz CT molecular complexity index is 673. The number of ether oxygens (including phenoxy) is 2. The molecule has 0 atom stereocenters. The highest BCUT2D eigenvalue weighted by molar-refractivity contribution is 5.90. The van der Waals surface area contributed by atoms with Crippen molar-refractivity contribution in [1.82, 2.24) is 0 Å². The summed E-state index contributed by atoms with van der Waals surface area (Å²) in [5.74, 6) is 1.72. The smallest absolute Gasteiger partial charge is 0.224 e. The van der Waals surface area contributed by atoms with E-state index in [0.29, 0.717) is 18.9 Å². The van der Waals surface area contributed by atoms with Gasteiger partial charge in [-0.2, -0.15) is 0 Å². The Labute approximate surface area is 149 Å². The van der Waals surface area contributed by atoms with E-state index in [4.69, 9.17) is 9.47 Å². The van der Waals surface area contributed by atoms with Crippen molar-refractivity contribution >= 4 is 11.6 Å². The third kappa shape index (κ3) is 5.24. The number of methoxy groups -OCH3 is 1. The lowest BCUT2D eigenvalue weighted by Crippen LogP contribution is -2.13. The van der Waals surface area contributed by atoms with Crippen LogP contribution in [-0.2, 0) is 11.2 Å². The molecule has 0 heterocycles. The van der Waals surface area contributed by atoms with Crippen molar-refractivity contribution in [2.45, 2.75) is 44.6 Å². The first-order valence-corrected chi connectivity index (χ1v) is 8.92. The van der Waals surface area contributed by atoms with Crippen molar-refractivity contribution in [2.75, 3.05) is 12.4 Å². The number of nitrogens with one attached hydrogen (secondary N) is 1. The van der Waals surface area contributed by atoms with Crippen LogP contribution in [0, 0.1) is 0 Å². The largest absolute Gasteiger partial charge is 0.497 e. The minimum Gasteiger partial charge on any atom is -0.497 e. The Balaban J connectivity index is 1.45. The maximum Gasteiger partial charge on any atom is 0.224 e. The van der Waals surface area contributed by atoms with Crippen molar-refractivity contribution < 1.29 is 14.3 Å². The molecule has 0 radical (unpaired) electrons. The zero-order valence-electron chi connectivity index (χ0n) is 14.7. The standard InChI is InChI=1S/C21H25NO3/c1-24-18-11-6-16(7-12-18)8-15-21(23)22-17-9-13-20(14-10-17)25-19-4-2-3-5-19/h6-7,9-14,19H,2-5,8,15H2,1H3,(H,22,23). The van der Waals surface area contributed by atoms with Crippen LogP contribution in [0.2, 0.25) is 0 Å². The van der Waals surface area contributed by atoms with Crippen LogP contribution < -0.4 is 14.8 Å². The minimum atomic E-state index is 0.0141. The number of carbonyl (C=O) groups excluding carboxylic acids is 1. The van der Waals surface area contributed by atoms with Crippen LogP contribution in [0.15, 0.2) is 48.5 Å². The van der Waals surface area contributed by atoms with E-state index in [0.717, 1.165) is 35.6 Å². The van der Waals surface area contributed by atoms with Crippen LogP contribution >= 0.6 is 0 Å². The molecule has 132 valence electrons. The SMILES string of the molecule is COc1ccc(CCC(=O)Nc2ccc(OC3CCCC3)cc2)cc1. The predicted octanol–water partition coefficient (Wildman–Crippen LogP) is 4.59. The number of hydrogen-bond donors (Lipinski definition) is 1. The van der Waals surface area contributed by atoms with Gasteiger partial charge in [0.1, 0.15) is 11.5 Å². The van der Waals surface area contributed by atoms with Gasteiger partial charge in [-0.1, -0.05) is 12.1 Å². The highest BCUT2D eigenvalue weighted by Gasteiger charge is 2.16. The van der Waals surface area contributed by atoms with E-state index < -0.39 is 0 Å². The second kappa shape index (κ2) is 8.56. The fourth-order valence-corrected chi connectivity index (χ4v) is 3.09. The summed E-state index contributed by atoms with van der Waals surface area (Å²) in [6.07, 6.45) is 6.31. The quantitative estimate of drug-likeness (QED) is 0.803. The molecule has 25 heavy (non-hydrogen) atoms. The third-order valence-electron chi connectivity index (χ3n) is 4.54.